The molecule has 2 unspecified atom stereocenters. The summed E-state index contributed by atoms with van der Waals surface area (Å²) >= 11 is 3.24. The largest absolute Gasteiger partial charge is 0.419 e. The Bertz CT molecular complexity index is 1130. The molecule has 0 amide bonds. The summed E-state index contributed by atoms with van der Waals surface area (Å²) in [7, 11) is 0. The lowest BCUT2D eigenvalue weighted by molar-refractivity contribution is 0.0953. The van der Waals surface area contributed by atoms with Crippen molar-refractivity contribution in [2.75, 3.05) is 6.61 Å². The maximum atomic E-state index is 5.97. The number of aromatic nitrogens is 5. The summed E-state index contributed by atoms with van der Waals surface area (Å²) in [5.41, 5.74) is 2.11. The average molecular weight is 454 g/mol. The quantitative estimate of drug-likeness (QED) is 0.347. The van der Waals surface area contributed by atoms with Crippen molar-refractivity contribution in [2.45, 2.75) is 49.7 Å². The Kier molecular flexibility index (Phi) is 5.89. The minimum atomic E-state index is -0.0599. The van der Waals surface area contributed by atoms with E-state index in [1.165, 1.54) is 5.56 Å². The third-order valence-corrected chi connectivity index (χ3v) is 7.17. The predicted molar refractivity (Wildman–Crippen MR) is 121 cm³/mol. The standard InChI is InChI=1S/C22H23N5O2S2/c1-14-7-9-16(10-8-14)21-25-24-20(29-21)15(2)31-22-26-23-19(18-6-4-12-30-18)27(22)13-17-5-3-11-28-17/h4,6-10,12,15,17H,3,5,11,13H2,1-2H3. The molecule has 1 aromatic carbocycles. The fraction of sp³-hybridized carbons (Fsp3) is 0.364. The molecule has 31 heavy (non-hydrogen) atoms. The summed E-state index contributed by atoms with van der Waals surface area (Å²) in [6.45, 7) is 5.67. The molecule has 3 aromatic heterocycles. The molecule has 5 rings (SSSR count). The Morgan fingerprint density at radius 3 is 2.77 bits per heavy atom. The second-order valence-electron chi connectivity index (χ2n) is 7.60. The van der Waals surface area contributed by atoms with Crippen molar-refractivity contribution in [3.05, 3.63) is 53.2 Å². The van der Waals surface area contributed by atoms with Gasteiger partial charge in [0, 0.05) is 12.2 Å². The molecule has 9 heteroatoms. The highest BCUT2D eigenvalue weighted by molar-refractivity contribution is 7.99. The Morgan fingerprint density at radius 2 is 2.03 bits per heavy atom. The lowest BCUT2D eigenvalue weighted by Gasteiger charge is -2.15. The smallest absolute Gasteiger partial charge is 0.247 e. The van der Waals surface area contributed by atoms with E-state index in [0.29, 0.717) is 11.8 Å². The first-order valence-electron chi connectivity index (χ1n) is 10.3. The van der Waals surface area contributed by atoms with Crippen LogP contribution in [0.15, 0.2) is 51.4 Å². The van der Waals surface area contributed by atoms with Crippen LogP contribution in [0.5, 0.6) is 0 Å². The van der Waals surface area contributed by atoms with Crippen LogP contribution in [-0.2, 0) is 11.3 Å². The van der Waals surface area contributed by atoms with Crippen LogP contribution in [0.4, 0.5) is 0 Å². The van der Waals surface area contributed by atoms with E-state index in [9.17, 15) is 0 Å². The van der Waals surface area contributed by atoms with Crippen molar-refractivity contribution in [1.82, 2.24) is 25.0 Å². The van der Waals surface area contributed by atoms with Crippen molar-refractivity contribution in [1.29, 1.82) is 0 Å². The lowest BCUT2D eigenvalue weighted by atomic mass is 10.1. The van der Waals surface area contributed by atoms with Gasteiger partial charge < -0.3 is 9.15 Å². The SMILES string of the molecule is Cc1ccc(-c2nnc(C(C)Sc3nnc(-c4cccs4)n3CC3CCCO3)o2)cc1. The summed E-state index contributed by atoms with van der Waals surface area (Å²) in [5.74, 6) is 1.98. The Hall–Kier alpha value is -2.49. The normalized spacial score (nSPS) is 17.3. The number of hydrogen-bond acceptors (Lipinski definition) is 8. The second kappa shape index (κ2) is 8.94. The van der Waals surface area contributed by atoms with Crippen molar-refractivity contribution >= 4 is 23.1 Å². The molecule has 1 fully saturated rings. The number of hydrogen-bond donors (Lipinski definition) is 0. The predicted octanol–water partition coefficient (Wildman–Crippen LogP) is 5.40. The van der Waals surface area contributed by atoms with E-state index in [2.05, 4.69) is 43.3 Å². The van der Waals surface area contributed by atoms with Crippen LogP contribution in [0.3, 0.4) is 0 Å². The first-order chi connectivity index (χ1) is 15.2. The fourth-order valence-corrected chi connectivity index (χ4v) is 5.15. The fourth-order valence-electron chi connectivity index (χ4n) is 3.54. The van der Waals surface area contributed by atoms with Gasteiger partial charge in [0.25, 0.3) is 0 Å². The van der Waals surface area contributed by atoms with E-state index in [-0.39, 0.29) is 11.4 Å². The van der Waals surface area contributed by atoms with Crippen molar-refractivity contribution in [3.8, 4) is 22.2 Å². The van der Waals surface area contributed by atoms with Gasteiger partial charge >= 0.3 is 0 Å². The minimum Gasteiger partial charge on any atom is -0.419 e. The third-order valence-electron chi connectivity index (χ3n) is 5.24. The third kappa shape index (κ3) is 4.44. The number of rotatable bonds is 7. The highest BCUT2D eigenvalue weighted by Crippen LogP contribution is 2.37. The molecule has 2 atom stereocenters. The summed E-state index contributed by atoms with van der Waals surface area (Å²) < 4.78 is 14.0. The molecule has 4 aromatic rings. The van der Waals surface area contributed by atoms with Gasteiger partial charge in [-0.05, 0) is 50.3 Å². The van der Waals surface area contributed by atoms with E-state index in [0.717, 1.165) is 47.4 Å². The number of thioether (sulfide) groups is 1. The summed E-state index contributed by atoms with van der Waals surface area (Å²) in [6, 6.07) is 12.2. The zero-order valence-electron chi connectivity index (χ0n) is 17.4. The lowest BCUT2D eigenvalue weighted by Crippen LogP contribution is -2.16. The van der Waals surface area contributed by atoms with Crippen LogP contribution >= 0.6 is 23.1 Å². The summed E-state index contributed by atoms with van der Waals surface area (Å²) in [6.07, 6.45) is 2.36. The molecular formula is C22H23N5O2S2. The van der Waals surface area contributed by atoms with Crippen LogP contribution < -0.4 is 0 Å². The molecule has 4 heterocycles. The molecule has 1 aliphatic rings. The monoisotopic (exact) mass is 453 g/mol. The van der Waals surface area contributed by atoms with E-state index >= 15 is 0 Å². The number of aryl methyl sites for hydroxylation is 1. The average Bonchev–Trinajstić information content (AvgIpc) is 3.57. The molecule has 0 aliphatic carbocycles. The van der Waals surface area contributed by atoms with Crippen LogP contribution in [-0.4, -0.2) is 37.7 Å². The van der Waals surface area contributed by atoms with Gasteiger partial charge in [0.1, 0.15) is 0 Å². The summed E-state index contributed by atoms with van der Waals surface area (Å²) in [5, 5.41) is 20.3. The van der Waals surface area contributed by atoms with E-state index in [4.69, 9.17) is 9.15 Å². The van der Waals surface area contributed by atoms with Crippen LogP contribution in [0.25, 0.3) is 22.2 Å². The highest BCUT2D eigenvalue weighted by Gasteiger charge is 2.25. The molecular weight excluding hydrogens is 430 g/mol. The maximum absolute atomic E-state index is 5.97. The zero-order valence-corrected chi connectivity index (χ0v) is 19.0. The Labute approximate surface area is 188 Å². The molecule has 1 aliphatic heterocycles. The first-order valence-corrected chi connectivity index (χ1v) is 12.1. The molecule has 7 nitrogen and oxygen atoms in total. The van der Waals surface area contributed by atoms with E-state index in [1.54, 1.807) is 23.1 Å². The van der Waals surface area contributed by atoms with Gasteiger partial charge in [-0.3, -0.25) is 4.57 Å². The van der Waals surface area contributed by atoms with Crippen molar-refractivity contribution in [2.24, 2.45) is 0 Å². The first kappa shape index (κ1) is 20.4. The Morgan fingerprint density at radius 1 is 1.16 bits per heavy atom. The van der Waals surface area contributed by atoms with Gasteiger partial charge in [-0.2, -0.15) is 0 Å². The van der Waals surface area contributed by atoms with Crippen molar-refractivity contribution < 1.29 is 9.15 Å². The van der Waals surface area contributed by atoms with Crippen LogP contribution in [0, 0.1) is 6.92 Å². The molecule has 0 saturated carbocycles. The van der Waals surface area contributed by atoms with Gasteiger partial charge in [0.15, 0.2) is 11.0 Å². The molecule has 0 spiro atoms. The molecule has 160 valence electrons. The molecule has 0 N–H and O–H groups in total. The number of benzene rings is 1. The highest BCUT2D eigenvalue weighted by atomic mass is 32.2. The van der Waals surface area contributed by atoms with Gasteiger partial charge in [0.2, 0.25) is 11.8 Å². The summed E-state index contributed by atoms with van der Waals surface area (Å²) in [4.78, 5) is 1.10. The van der Waals surface area contributed by atoms with Gasteiger partial charge in [-0.25, -0.2) is 0 Å². The van der Waals surface area contributed by atoms with Gasteiger partial charge in [-0.15, -0.1) is 31.7 Å². The topological polar surface area (TPSA) is 78.9 Å². The van der Waals surface area contributed by atoms with E-state index < -0.39 is 0 Å². The minimum absolute atomic E-state index is 0.0599. The zero-order chi connectivity index (χ0) is 21.2. The van der Waals surface area contributed by atoms with E-state index in [1.807, 2.05) is 37.3 Å². The van der Waals surface area contributed by atoms with Gasteiger partial charge in [0.05, 0.1) is 22.8 Å². The number of ether oxygens (including phenoxy) is 1. The maximum Gasteiger partial charge on any atom is 0.247 e. The molecule has 1 saturated heterocycles. The van der Waals surface area contributed by atoms with Crippen LogP contribution in [0.2, 0.25) is 0 Å². The van der Waals surface area contributed by atoms with Gasteiger partial charge in [-0.1, -0.05) is 35.5 Å². The number of nitrogens with zero attached hydrogens (tertiary/aromatic N) is 5. The van der Waals surface area contributed by atoms with Crippen LogP contribution in [0.1, 0.15) is 36.5 Å². The number of thiophene rings is 1. The Balaban J connectivity index is 1.38. The van der Waals surface area contributed by atoms with Crippen molar-refractivity contribution in [3.63, 3.8) is 0 Å². The molecule has 0 bridgehead atoms. The molecule has 0 radical (unpaired) electrons. The second-order valence-corrected chi connectivity index (χ2v) is 9.86.